The van der Waals surface area contributed by atoms with Gasteiger partial charge in [0.05, 0.1) is 18.6 Å². The number of alkyl halides is 3. The zero-order valence-corrected chi connectivity index (χ0v) is 11.0. The van der Waals surface area contributed by atoms with Crippen molar-refractivity contribution in [2.45, 2.75) is 19.0 Å². The van der Waals surface area contributed by atoms with Crippen LogP contribution in [0.3, 0.4) is 0 Å². The Hall–Kier alpha value is -2.05. The minimum atomic E-state index is -4.43. The van der Waals surface area contributed by atoms with E-state index in [9.17, 15) is 22.8 Å². The van der Waals surface area contributed by atoms with Gasteiger partial charge in [0, 0.05) is 13.5 Å². The Labute approximate surface area is 113 Å². The number of nitrogens with one attached hydrogen (secondary N) is 1. The second-order valence-electron chi connectivity index (χ2n) is 4.13. The highest BCUT2D eigenvalue weighted by molar-refractivity contribution is 5.80. The molecule has 0 aliphatic carbocycles. The molecule has 0 aliphatic rings. The molecule has 1 unspecified atom stereocenters. The number of methoxy groups -OCH3 is 1. The minimum Gasteiger partial charge on any atom is -0.468 e. The summed E-state index contributed by atoms with van der Waals surface area (Å²) in [7, 11) is 1.17. The fourth-order valence-electron chi connectivity index (χ4n) is 1.63. The minimum absolute atomic E-state index is 0.0344. The Bertz CT molecular complexity index is 483. The molecule has 4 nitrogen and oxygen atoms in total. The number of carbonyl (C=O) groups excluding carboxylic acids is 2. The number of benzene rings is 1. The first-order chi connectivity index (χ1) is 9.25. The Morgan fingerprint density at radius 1 is 1.25 bits per heavy atom. The maximum Gasteiger partial charge on any atom is 0.416 e. The first-order valence-electron chi connectivity index (χ1n) is 5.75. The van der Waals surface area contributed by atoms with Crippen molar-refractivity contribution in [3.05, 3.63) is 35.4 Å². The van der Waals surface area contributed by atoms with Crippen molar-refractivity contribution in [3.8, 4) is 0 Å². The quantitative estimate of drug-likeness (QED) is 0.864. The number of esters is 1. The van der Waals surface area contributed by atoms with Crippen LogP contribution < -0.4 is 5.32 Å². The topological polar surface area (TPSA) is 55.4 Å². The van der Waals surface area contributed by atoms with Crippen LogP contribution in [0.5, 0.6) is 0 Å². The number of halogens is 3. The average molecular weight is 289 g/mol. The number of amides is 1. The van der Waals surface area contributed by atoms with Gasteiger partial charge >= 0.3 is 12.1 Å². The highest BCUT2D eigenvalue weighted by atomic mass is 19.4. The molecule has 20 heavy (non-hydrogen) atoms. The first-order valence-corrected chi connectivity index (χ1v) is 5.75. The van der Waals surface area contributed by atoms with E-state index < -0.39 is 23.6 Å². The molecule has 110 valence electrons. The van der Waals surface area contributed by atoms with Crippen LogP contribution in [0.4, 0.5) is 13.2 Å². The maximum atomic E-state index is 12.5. The van der Waals surface area contributed by atoms with Crippen molar-refractivity contribution in [3.63, 3.8) is 0 Å². The lowest BCUT2D eigenvalue weighted by Gasteiger charge is -2.16. The first kappa shape index (κ1) is 16.0. The van der Waals surface area contributed by atoms with Crippen molar-refractivity contribution >= 4 is 11.9 Å². The summed E-state index contributed by atoms with van der Waals surface area (Å²) in [6, 6.07) is 4.18. The number of rotatable bonds is 4. The molecule has 0 spiro atoms. The molecule has 1 atom stereocenters. The Morgan fingerprint density at radius 3 is 2.20 bits per heavy atom. The largest absolute Gasteiger partial charge is 0.468 e. The zero-order chi connectivity index (χ0) is 15.3. The SMILES string of the molecule is COC(=O)C(CNC(C)=O)c1ccc(C(F)(F)F)cc1. The van der Waals surface area contributed by atoms with Crippen LogP contribution in [0.2, 0.25) is 0 Å². The molecule has 0 heterocycles. The summed E-state index contributed by atoms with van der Waals surface area (Å²) in [5.41, 5.74) is -0.456. The van der Waals surface area contributed by atoms with Crippen molar-refractivity contribution in [2.24, 2.45) is 0 Å². The van der Waals surface area contributed by atoms with E-state index in [1.165, 1.54) is 26.2 Å². The maximum absolute atomic E-state index is 12.5. The molecule has 0 saturated carbocycles. The molecular formula is C13H14F3NO3. The molecule has 0 bridgehead atoms. The average Bonchev–Trinajstić information content (AvgIpc) is 2.37. The van der Waals surface area contributed by atoms with E-state index in [1.54, 1.807) is 0 Å². The summed E-state index contributed by atoms with van der Waals surface area (Å²) in [6.07, 6.45) is -4.43. The molecule has 0 radical (unpaired) electrons. The van der Waals surface area contributed by atoms with E-state index in [0.29, 0.717) is 5.56 Å². The third kappa shape index (κ3) is 4.25. The van der Waals surface area contributed by atoms with E-state index in [1.807, 2.05) is 0 Å². The van der Waals surface area contributed by atoms with Crippen LogP contribution in [0, 0.1) is 0 Å². The molecule has 1 aromatic carbocycles. The lowest BCUT2D eigenvalue weighted by atomic mass is 9.97. The summed E-state index contributed by atoms with van der Waals surface area (Å²) in [5, 5.41) is 2.44. The second-order valence-corrected chi connectivity index (χ2v) is 4.13. The lowest BCUT2D eigenvalue weighted by Crippen LogP contribution is -2.30. The van der Waals surface area contributed by atoms with Gasteiger partial charge in [-0.15, -0.1) is 0 Å². The summed E-state index contributed by atoms with van der Waals surface area (Å²) >= 11 is 0. The third-order valence-corrected chi connectivity index (χ3v) is 2.68. The van der Waals surface area contributed by atoms with E-state index in [2.05, 4.69) is 10.1 Å². The van der Waals surface area contributed by atoms with Crippen molar-refractivity contribution in [1.82, 2.24) is 5.32 Å². The molecule has 0 aliphatic heterocycles. The Kier molecular flexibility index (Phi) is 5.12. The summed E-state index contributed by atoms with van der Waals surface area (Å²) in [6.45, 7) is 1.24. The molecule has 0 fully saturated rings. The Balaban J connectivity index is 2.96. The smallest absolute Gasteiger partial charge is 0.416 e. The highest BCUT2D eigenvalue weighted by Gasteiger charge is 2.31. The van der Waals surface area contributed by atoms with Crippen LogP contribution in [0.1, 0.15) is 24.0 Å². The zero-order valence-electron chi connectivity index (χ0n) is 11.0. The van der Waals surface area contributed by atoms with Gasteiger partial charge in [0.15, 0.2) is 0 Å². The number of hydrogen-bond acceptors (Lipinski definition) is 3. The molecule has 0 aromatic heterocycles. The van der Waals surface area contributed by atoms with Crippen molar-refractivity contribution < 1.29 is 27.5 Å². The molecule has 1 amide bonds. The van der Waals surface area contributed by atoms with Gasteiger partial charge in [-0.05, 0) is 17.7 Å². The monoisotopic (exact) mass is 289 g/mol. The molecular weight excluding hydrogens is 275 g/mol. The van der Waals surface area contributed by atoms with E-state index in [0.717, 1.165) is 12.1 Å². The lowest BCUT2D eigenvalue weighted by molar-refractivity contribution is -0.142. The van der Waals surface area contributed by atoms with Gasteiger partial charge in [-0.3, -0.25) is 9.59 Å². The molecule has 7 heteroatoms. The normalized spacial score (nSPS) is 12.7. The second kappa shape index (κ2) is 6.40. The predicted octanol–water partition coefficient (Wildman–Crippen LogP) is 2.10. The van der Waals surface area contributed by atoms with Crippen molar-refractivity contribution in [1.29, 1.82) is 0 Å². The number of carbonyl (C=O) groups is 2. The number of ether oxygens (including phenoxy) is 1. The van der Waals surface area contributed by atoms with Crippen LogP contribution in [-0.4, -0.2) is 25.5 Å². The summed E-state index contributed by atoms with van der Waals surface area (Å²) in [5.74, 6) is -1.81. The Morgan fingerprint density at radius 2 is 1.80 bits per heavy atom. The van der Waals surface area contributed by atoms with Gasteiger partial charge in [-0.2, -0.15) is 13.2 Å². The predicted molar refractivity (Wildman–Crippen MR) is 64.9 cm³/mol. The third-order valence-electron chi connectivity index (χ3n) is 2.68. The van der Waals surface area contributed by atoms with Gasteiger partial charge in [-0.1, -0.05) is 12.1 Å². The summed E-state index contributed by atoms with van der Waals surface area (Å²) < 4.78 is 41.9. The fraction of sp³-hybridized carbons (Fsp3) is 0.385. The molecule has 0 saturated heterocycles. The van der Waals surface area contributed by atoms with Gasteiger partial charge in [0.25, 0.3) is 0 Å². The number of hydrogen-bond donors (Lipinski definition) is 1. The molecule has 1 aromatic rings. The van der Waals surface area contributed by atoms with E-state index in [-0.39, 0.29) is 12.5 Å². The molecule has 1 N–H and O–H groups in total. The van der Waals surface area contributed by atoms with Gasteiger partial charge in [0.2, 0.25) is 5.91 Å². The van der Waals surface area contributed by atoms with Gasteiger partial charge < -0.3 is 10.1 Å². The van der Waals surface area contributed by atoms with Crippen LogP contribution in [0.25, 0.3) is 0 Å². The summed E-state index contributed by atoms with van der Waals surface area (Å²) in [4.78, 5) is 22.5. The van der Waals surface area contributed by atoms with Crippen LogP contribution >= 0.6 is 0 Å². The van der Waals surface area contributed by atoms with E-state index in [4.69, 9.17) is 0 Å². The highest BCUT2D eigenvalue weighted by Crippen LogP contribution is 2.30. The van der Waals surface area contributed by atoms with Gasteiger partial charge in [-0.25, -0.2) is 0 Å². The van der Waals surface area contributed by atoms with Crippen LogP contribution in [0.15, 0.2) is 24.3 Å². The fourth-order valence-corrected chi connectivity index (χ4v) is 1.63. The van der Waals surface area contributed by atoms with Crippen LogP contribution in [-0.2, 0) is 20.5 Å². The van der Waals surface area contributed by atoms with E-state index >= 15 is 0 Å². The van der Waals surface area contributed by atoms with Crippen molar-refractivity contribution in [2.75, 3.05) is 13.7 Å². The molecule has 1 rings (SSSR count). The standard InChI is InChI=1S/C13H14F3NO3/c1-8(18)17-7-11(12(19)20-2)9-3-5-10(6-4-9)13(14,15)16/h3-6,11H,7H2,1-2H3,(H,17,18). The van der Waals surface area contributed by atoms with Gasteiger partial charge in [0.1, 0.15) is 0 Å².